The van der Waals surface area contributed by atoms with E-state index in [0.717, 1.165) is 46.2 Å². The molecule has 162 valence electrons. The van der Waals surface area contributed by atoms with Crippen LogP contribution in [0.2, 0.25) is 0 Å². The molecule has 0 amide bonds. The largest absolute Gasteiger partial charge is 0.407 e. The maximum Gasteiger partial charge on any atom is 0.321 e. The molecule has 6 rings (SSSR count). The average molecular weight is 442 g/mol. The van der Waals surface area contributed by atoms with Crippen LogP contribution in [0.5, 0.6) is 0 Å². The second kappa shape index (κ2) is 7.97. The zero-order valence-electron chi connectivity index (χ0n) is 18.5. The van der Waals surface area contributed by atoms with Crippen LogP contribution in [0.1, 0.15) is 30.4 Å². The SMILES string of the molecule is Cc1cc2ccccc2c2c1op(NN1CCCCC1)oc1c(C)cc3ccccc3c12. The third-order valence-electron chi connectivity index (χ3n) is 6.55. The number of hydrogen-bond donors (Lipinski definition) is 1. The van der Waals surface area contributed by atoms with Gasteiger partial charge in [-0.25, -0.2) is 5.01 Å². The van der Waals surface area contributed by atoms with Gasteiger partial charge < -0.3 is 8.39 Å². The molecule has 1 aromatic heterocycles. The zero-order valence-corrected chi connectivity index (χ0v) is 19.4. The minimum atomic E-state index is -1.36. The first kappa shape index (κ1) is 19.9. The number of hydrazine groups is 1. The summed E-state index contributed by atoms with van der Waals surface area (Å²) in [6, 6.07) is 21.6. The van der Waals surface area contributed by atoms with E-state index in [-0.39, 0.29) is 0 Å². The Morgan fingerprint density at radius 1 is 0.719 bits per heavy atom. The highest BCUT2D eigenvalue weighted by Crippen LogP contribution is 2.42. The smallest absolute Gasteiger partial charge is 0.321 e. The van der Waals surface area contributed by atoms with Crippen LogP contribution in [0, 0.1) is 13.8 Å². The first-order chi connectivity index (χ1) is 15.7. The number of benzene rings is 4. The van der Waals surface area contributed by atoms with Crippen LogP contribution < -0.4 is 5.20 Å². The average Bonchev–Trinajstić information content (AvgIpc) is 2.98. The van der Waals surface area contributed by atoms with Gasteiger partial charge in [-0.1, -0.05) is 55.0 Å². The van der Waals surface area contributed by atoms with Gasteiger partial charge in [0.15, 0.2) is 0 Å². The molecular formula is C27H27N2O2P. The number of piperidine rings is 1. The Morgan fingerprint density at radius 3 is 1.75 bits per heavy atom. The van der Waals surface area contributed by atoms with Crippen molar-refractivity contribution in [2.75, 3.05) is 18.3 Å². The third-order valence-corrected chi connectivity index (χ3v) is 7.70. The molecule has 2 heterocycles. The van der Waals surface area contributed by atoms with Crippen molar-refractivity contribution in [3.05, 3.63) is 71.8 Å². The first-order valence-electron chi connectivity index (χ1n) is 11.4. The molecule has 5 aromatic rings. The maximum absolute atomic E-state index is 6.67. The Morgan fingerprint density at radius 2 is 1.22 bits per heavy atom. The van der Waals surface area contributed by atoms with Gasteiger partial charge >= 0.3 is 8.16 Å². The van der Waals surface area contributed by atoms with E-state index < -0.39 is 8.16 Å². The van der Waals surface area contributed by atoms with Gasteiger partial charge in [-0.15, -0.1) is 5.20 Å². The number of hydrogen-bond acceptors (Lipinski definition) is 4. The summed E-state index contributed by atoms with van der Waals surface area (Å²) in [6.07, 6.45) is 3.70. The zero-order chi connectivity index (χ0) is 21.7. The molecule has 32 heavy (non-hydrogen) atoms. The van der Waals surface area contributed by atoms with Crippen LogP contribution in [0.25, 0.3) is 43.5 Å². The number of nitrogens with one attached hydrogen (secondary N) is 1. The normalized spacial score (nSPS) is 15.2. The lowest BCUT2D eigenvalue weighted by Gasteiger charge is -2.25. The van der Waals surface area contributed by atoms with Crippen LogP contribution in [0.3, 0.4) is 0 Å². The number of nitrogens with zero attached hydrogens (tertiary/aromatic N) is 1. The maximum atomic E-state index is 6.67. The second-order valence-corrected chi connectivity index (χ2v) is 9.90. The van der Waals surface area contributed by atoms with Crippen molar-refractivity contribution < 1.29 is 8.39 Å². The summed E-state index contributed by atoms with van der Waals surface area (Å²) in [4.78, 5) is 0. The van der Waals surface area contributed by atoms with Crippen molar-refractivity contribution in [1.82, 2.24) is 5.01 Å². The summed E-state index contributed by atoms with van der Waals surface area (Å²) in [5, 5.41) is 13.0. The molecule has 4 nitrogen and oxygen atoms in total. The molecule has 0 spiro atoms. The Hall–Kier alpha value is -2.78. The highest BCUT2D eigenvalue weighted by Gasteiger charge is 2.18. The Balaban J connectivity index is 1.81. The van der Waals surface area contributed by atoms with Gasteiger partial charge in [0.1, 0.15) is 11.2 Å². The third kappa shape index (κ3) is 3.31. The van der Waals surface area contributed by atoms with Crippen molar-refractivity contribution in [1.29, 1.82) is 0 Å². The van der Waals surface area contributed by atoms with Gasteiger partial charge in [0.2, 0.25) is 0 Å². The molecule has 1 saturated heterocycles. The molecule has 0 radical (unpaired) electrons. The highest BCUT2D eigenvalue weighted by atomic mass is 31.1. The fourth-order valence-electron chi connectivity index (χ4n) is 5.00. The van der Waals surface area contributed by atoms with Gasteiger partial charge in [0.25, 0.3) is 0 Å². The van der Waals surface area contributed by atoms with Crippen LogP contribution >= 0.6 is 8.16 Å². The van der Waals surface area contributed by atoms with E-state index in [1.54, 1.807) is 0 Å². The van der Waals surface area contributed by atoms with Crippen molar-refractivity contribution in [3.63, 3.8) is 0 Å². The molecule has 0 unspecified atom stereocenters. The van der Waals surface area contributed by atoms with Gasteiger partial charge in [-0.2, -0.15) is 0 Å². The van der Waals surface area contributed by atoms with Crippen molar-refractivity contribution in [3.8, 4) is 0 Å². The standard InChI is InChI=1S/C27H27N2O2P/c1-18-16-20-10-4-6-12-22(20)24-25-23-13-7-5-11-21(23)17-19(2)27(25)31-32(30-26(18)24)28-29-14-8-3-9-15-29/h4-7,10-13,16-17,28H,3,8-9,14-15H2,1-2H3. The lowest BCUT2D eigenvalue weighted by Crippen LogP contribution is -2.33. The molecule has 4 aromatic carbocycles. The molecule has 1 fully saturated rings. The summed E-state index contributed by atoms with van der Waals surface area (Å²) < 4.78 is 13.3. The van der Waals surface area contributed by atoms with Crippen molar-refractivity contribution >= 4 is 51.6 Å². The molecule has 5 heteroatoms. The Bertz CT molecular complexity index is 1410. The van der Waals surface area contributed by atoms with Crippen LogP contribution in [-0.4, -0.2) is 18.1 Å². The van der Waals surface area contributed by atoms with Crippen molar-refractivity contribution in [2.24, 2.45) is 0 Å². The molecule has 0 saturated carbocycles. The summed E-state index contributed by atoms with van der Waals surface area (Å²) in [6.45, 7) is 6.34. The molecule has 0 bridgehead atoms. The van der Waals surface area contributed by atoms with E-state index in [2.05, 4.69) is 84.7 Å². The van der Waals surface area contributed by atoms with Gasteiger partial charge in [0.05, 0.1) is 0 Å². The number of rotatable bonds is 2. The highest BCUT2D eigenvalue weighted by molar-refractivity contribution is 7.38. The quantitative estimate of drug-likeness (QED) is 0.299. The van der Waals surface area contributed by atoms with E-state index in [1.807, 2.05) is 0 Å². The summed E-state index contributed by atoms with van der Waals surface area (Å²) in [5.74, 6) is 0. The Kier molecular flexibility index (Phi) is 4.95. The second-order valence-electron chi connectivity index (χ2n) is 8.82. The predicted octanol–water partition coefficient (Wildman–Crippen LogP) is 8.16. The minimum absolute atomic E-state index is 0.925. The van der Waals surface area contributed by atoms with Gasteiger partial charge in [-0.05, 0) is 71.5 Å². The van der Waals surface area contributed by atoms with Crippen LogP contribution in [0.4, 0.5) is 0 Å². The fourth-order valence-corrected chi connectivity index (χ4v) is 6.36. The lowest BCUT2D eigenvalue weighted by atomic mass is 9.95. The van der Waals surface area contributed by atoms with Crippen molar-refractivity contribution in [2.45, 2.75) is 33.1 Å². The molecule has 1 N–H and O–H groups in total. The minimum Gasteiger partial charge on any atom is -0.407 e. The lowest BCUT2D eigenvalue weighted by molar-refractivity contribution is 0.279. The van der Waals surface area contributed by atoms with Crippen LogP contribution in [0.15, 0.2) is 69.1 Å². The number of fused-ring (bicyclic) bond motifs is 7. The summed E-state index contributed by atoms with van der Waals surface area (Å²) >= 11 is 0. The van der Waals surface area contributed by atoms with E-state index in [9.17, 15) is 0 Å². The van der Waals surface area contributed by atoms with E-state index in [1.165, 1.54) is 40.8 Å². The topological polar surface area (TPSA) is 41.6 Å². The molecule has 0 aliphatic carbocycles. The molecule has 1 aliphatic heterocycles. The predicted molar refractivity (Wildman–Crippen MR) is 136 cm³/mol. The van der Waals surface area contributed by atoms with E-state index >= 15 is 0 Å². The molecule has 0 atom stereocenters. The monoisotopic (exact) mass is 442 g/mol. The number of aryl methyl sites for hydroxylation is 2. The Labute approximate surface area is 188 Å². The molecular weight excluding hydrogens is 415 g/mol. The van der Waals surface area contributed by atoms with Gasteiger partial charge in [0, 0.05) is 23.9 Å². The summed E-state index contributed by atoms with van der Waals surface area (Å²) in [5.41, 5.74) is 4.12. The summed E-state index contributed by atoms with van der Waals surface area (Å²) in [7, 11) is -1.36. The van der Waals surface area contributed by atoms with E-state index in [0.29, 0.717) is 0 Å². The van der Waals surface area contributed by atoms with E-state index in [4.69, 9.17) is 8.39 Å². The van der Waals surface area contributed by atoms with Gasteiger partial charge in [-0.3, -0.25) is 0 Å². The fraction of sp³-hybridized carbons (Fsp3) is 0.259. The first-order valence-corrected chi connectivity index (χ1v) is 12.6. The van der Waals surface area contributed by atoms with Crippen LogP contribution in [-0.2, 0) is 0 Å². The molecule has 1 aliphatic rings.